The minimum absolute atomic E-state index is 0.0398. The van der Waals surface area contributed by atoms with Gasteiger partial charge in [0.15, 0.2) is 0 Å². The zero-order valence-corrected chi connectivity index (χ0v) is 17.4. The number of hydrogen-bond acceptors (Lipinski definition) is 5. The molecule has 11 heteroatoms. The van der Waals surface area contributed by atoms with E-state index in [9.17, 15) is 33.0 Å². The average Bonchev–Trinajstić information content (AvgIpc) is 3.04. The van der Waals surface area contributed by atoms with Crippen molar-refractivity contribution < 1.29 is 42.9 Å². The van der Waals surface area contributed by atoms with Crippen LogP contribution < -0.4 is 10.6 Å². The van der Waals surface area contributed by atoms with Gasteiger partial charge in [0, 0.05) is 13.0 Å². The Labute approximate surface area is 173 Å². The smallest absolute Gasteiger partial charge is 0.480 e. The van der Waals surface area contributed by atoms with E-state index < -0.39 is 36.3 Å². The van der Waals surface area contributed by atoms with Crippen LogP contribution in [0.4, 0.5) is 13.2 Å². The molecule has 1 aliphatic rings. The van der Waals surface area contributed by atoms with Crippen LogP contribution in [-0.2, 0) is 14.4 Å². The second kappa shape index (κ2) is 12.5. The number of aliphatic carboxylic acids is 2. The van der Waals surface area contributed by atoms with Crippen LogP contribution in [0.1, 0.15) is 47.0 Å². The summed E-state index contributed by atoms with van der Waals surface area (Å²) in [5.41, 5.74) is 0. The summed E-state index contributed by atoms with van der Waals surface area (Å²) in [5.74, 6) is -3.86. The predicted octanol–water partition coefficient (Wildman–Crippen LogP) is 1.93. The Balaban J connectivity index is 0.00000103. The maximum absolute atomic E-state index is 11.6. The van der Waals surface area contributed by atoms with Gasteiger partial charge in [-0.05, 0) is 25.2 Å². The van der Waals surface area contributed by atoms with Crippen LogP contribution in [-0.4, -0.2) is 63.6 Å². The van der Waals surface area contributed by atoms with Gasteiger partial charge in [-0.2, -0.15) is 13.2 Å². The molecule has 0 spiro atoms. The van der Waals surface area contributed by atoms with Gasteiger partial charge in [0.1, 0.15) is 6.04 Å². The van der Waals surface area contributed by atoms with E-state index in [1.54, 1.807) is 0 Å². The molecule has 1 fully saturated rings. The molecule has 1 aliphatic heterocycles. The highest BCUT2D eigenvalue weighted by molar-refractivity contribution is 5.75. The van der Waals surface area contributed by atoms with Crippen molar-refractivity contribution in [2.24, 2.45) is 11.8 Å². The standard InChI is InChI=1S/C17H30N2O4.C2HF3O2/c1-5-8-12-9-13(17(22)23)19-14(12)15(18-10(4)20)16(21)11(6-2)7-3;3-2(4,5)1(6)7/h5,8,11-16,19,21H,6-7,9H2,1-4H3,(H,18,20)(H,22,23);(H,6,7)/b8-5-;/t12-,13-,14-,15-,16-;/m1./s1. The van der Waals surface area contributed by atoms with Gasteiger partial charge in [0.2, 0.25) is 5.91 Å². The fraction of sp³-hybridized carbons (Fsp3) is 0.737. The highest BCUT2D eigenvalue weighted by Crippen LogP contribution is 2.29. The normalized spacial score (nSPS) is 23.6. The fourth-order valence-electron chi connectivity index (χ4n) is 3.52. The number of allylic oxidation sites excluding steroid dienone is 1. The van der Waals surface area contributed by atoms with Gasteiger partial charge in [0.05, 0.1) is 12.1 Å². The number of amides is 1. The highest BCUT2D eigenvalue weighted by atomic mass is 19.4. The molecule has 5 atom stereocenters. The molecule has 0 saturated carbocycles. The third kappa shape index (κ3) is 8.70. The first kappa shape index (κ1) is 27.9. The van der Waals surface area contributed by atoms with E-state index >= 15 is 0 Å². The average molecular weight is 440 g/mol. The van der Waals surface area contributed by atoms with E-state index in [-0.39, 0.29) is 23.8 Å². The molecule has 8 nitrogen and oxygen atoms in total. The van der Waals surface area contributed by atoms with Crippen molar-refractivity contribution in [3.63, 3.8) is 0 Å². The van der Waals surface area contributed by atoms with Gasteiger partial charge in [0.25, 0.3) is 0 Å². The monoisotopic (exact) mass is 440 g/mol. The molecule has 0 aromatic rings. The molecule has 0 unspecified atom stereocenters. The zero-order valence-electron chi connectivity index (χ0n) is 17.4. The molecular weight excluding hydrogens is 409 g/mol. The second-order valence-electron chi connectivity index (χ2n) is 7.11. The fourth-order valence-corrected chi connectivity index (χ4v) is 3.52. The summed E-state index contributed by atoms with van der Waals surface area (Å²) in [6, 6.07) is -1.47. The van der Waals surface area contributed by atoms with E-state index in [4.69, 9.17) is 9.90 Å². The lowest BCUT2D eigenvalue weighted by atomic mass is 9.83. The molecule has 0 aromatic carbocycles. The first-order valence-electron chi connectivity index (χ1n) is 9.66. The summed E-state index contributed by atoms with van der Waals surface area (Å²) < 4.78 is 31.7. The third-order valence-corrected chi connectivity index (χ3v) is 5.00. The second-order valence-corrected chi connectivity index (χ2v) is 7.11. The number of carbonyl (C=O) groups excluding carboxylic acids is 1. The van der Waals surface area contributed by atoms with E-state index in [0.29, 0.717) is 6.42 Å². The molecule has 0 aliphatic carbocycles. The number of carboxylic acids is 2. The Morgan fingerprint density at radius 2 is 1.70 bits per heavy atom. The summed E-state index contributed by atoms with van der Waals surface area (Å²) >= 11 is 0. The number of carboxylic acid groups (broad SMARTS) is 2. The molecule has 174 valence electrons. The van der Waals surface area contributed by atoms with Crippen molar-refractivity contribution in [2.45, 2.75) is 77.4 Å². The minimum Gasteiger partial charge on any atom is -0.480 e. The minimum atomic E-state index is -5.08. The summed E-state index contributed by atoms with van der Waals surface area (Å²) in [7, 11) is 0. The molecule has 5 N–H and O–H groups in total. The van der Waals surface area contributed by atoms with Crippen molar-refractivity contribution in [3.8, 4) is 0 Å². The molecule has 30 heavy (non-hydrogen) atoms. The topological polar surface area (TPSA) is 136 Å². The van der Waals surface area contributed by atoms with E-state index in [1.165, 1.54) is 6.92 Å². The van der Waals surface area contributed by atoms with E-state index in [1.807, 2.05) is 32.9 Å². The van der Waals surface area contributed by atoms with Crippen LogP contribution in [0.15, 0.2) is 12.2 Å². The summed E-state index contributed by atoms with van der Waals surface area (Å²) in [5, 5.41) is 33.1. The third-order valence-electron chi connectivity index (χ3n) is 5.00. The Morgan fingerprint density at radius 3 is 2.03 bits per heavy atom. The number of nitrogens with one attached hydrogen (secondary N) is 2. The Hall–Kier alpha value is -2.14. The summed E-state index contributed by atoms with van der Waals surface area (Å²) in [6.07, 6.45) is 0.101. The van der Waals surface area contributed by atoms with Crippen LogP contribution in [0, 0.1) is 11.8 Å². The first-order valence-corrected chi connectivity index (χ1v) is 9.66. The number of halogens is 3. The SMILES string of the molecule is C/C=C\[C@@H]1C[C@H](C(=O)O)N[C@H]1[C@@H](NC(C)=O)[C@H](O)C(CC)CC.O=C(O)C(F)(F)F. The molecule has 0 aromatic heterocycles. The number of aliphatic hydroxyl groups excluding tert-OH is 1. The maximum Gasteiger partial charge on any atom is 0.490 e. The van der Waals surface area contributed by atoms with Crippen molar-refractivity contribution in [2.75, 3.05) is 0 Å². The van der Waals surface area contributed by atoms with Crippen LogP contribution in [0.25, 0.3) is 0 Å². The van der Waals surface area contributed by atoms with Crippen molar-refractivity contribution in [3.05, 3.63) is 12.2 Å². The summed E-state index contributed by atoms with van der Waals surface area (Å²) in [4.78, 5) is 31.8. The number of carbonyl (C=O) groups is 3. The van der Waals surface area contributed by atoms with Gasteiger partial charge in [-0.1, -0.05) is 38.8 Å². The predicted molar refractivity (Wildman–Crippen MR) is 103 cm³/mol. The van der Waals surface area contributed by atoms with Crippen LogP contribution in [0.2, 0.25) is 0 Å². The van der Waals surface area contributed by atoms with Gasteiger partial charge in [-0.3, -0.25) is 14.9 Å². The number of hydrogen-bond donors (Lipinski definition) is 5. The number of alkyl halides is 3. The quantitative estimate of drug-likeness (QED) is 0.364. The largest absolute Gasteiger partial charge is 0.490 e. The zero-order chi connectivity index (χ0) is 23.6. The van der Waals surface area contributed by atoms with Gasteiger partial charge < -0.3 is 20.6 Å². The lowest BCUT2D eigenvalue weighted by Crippen LogP contribution is -2.58. The molecule has 1 saturated heterocycles. The Bertz CT molecular complexity index is 608. The molecule has 0 bridgehead atoms. The van der Waals surface area contributed by atoms with Crippen molar-refractivity contribution in [1.82, 2.24) is 10.6 Å². The lowest BCUT2D eigenvalue weighted by molar-refractivity contribution is -0.192. The van der Waals surface area contributed by atoms with Gasteiger partial charge >= 0.3 is 18.1 Å². The molecule has 1 amide bonds. The lowest BCUT2D eigenvalue weighted by Gasteiger charge is -2.35. The van der Waals surface area contributed by atoms with Crippen molar-refractivity contribution >= 4 is 17.8 Å². The molecular formula is C19H31F3N2O6. The van der Waals surface area contributed by atoms with E-state index in [0.717, 1.165) is 12.8 Å². The highest BCUT2D eigenvalue weighted by Gasteiger charge is 2.44. The van der Waals surface area contributed by atoms with Crippen molar-refractivity contribution in [1.29, 1.82) is 0 Å². The van der Waals surface area contributed by atoms with E-state index in [2.05, 4.69) is 10.6 Å². The number of aliphatic hydroxyl groups is 1. The van der Waals surface area contributed by atoms with Crippen LogP contribution in [0.5, 0.6) is 0 Å². The van der Waals surface area contributed by atoms with Crippen LogP contribution in [0.3, 0.4) is 0 Å². The molecule has 1 heterocycles. The Kier molecular flexibility index (Phi) is 11.6. The first-order chi connectivity index (χ1) is 13.8. The maximum atomic E-state index is 11.6. The summed E-state index contributed by atoms with van der Waals surface area (Å²) in [6.45, 7) is 7.32. The van der Waals surface area contributed by atoms with Gasteiger partial charge in [-0.25, -0.2) is 4.79 Å². The molecule has 1 rings (SSSR count). The van der Waals surface area contributed by atoms with Crippen LogP contribution >= 0.6 is 0 Å². The molecule has 0 radical (unpaired) electrons. The number of rotatable bonds is 8. The Morgan fingerprint density at radius 1 is 1.20 bits per heavy atom. The van der Waals surface area contributed by atoms with Gasteiger partial charge in [-0.15, -0.1) is 0 Å².